The minimum Gasteiger partial charge on any atom is -0.357 e. The topological polar surface area (TPSA) is 50.2 Å². The number of benzene rings is 1. The lowest BCUT2D eigenvalue weighted by molar-refractivity contribution is -0.116. The second-order valence-corrected chi connectivity index (χ2v) is 7.44. The molecular formula is C22H26N4O. The largest absolute Gasteiger partial charge is 0.357 e. The van der Waals surface area contributed by atoms with Crippen molar-refractivity contribution in [3.8, 4) is 0 Å². The van der Waals surface area contributed by atoms with Gasteiger partial charge in [-0.1, -0.05) is 25.1 Å². The van der Waals surface area contributed by atoms with Crippen molar-refractivity contribution in [2.75, 3.05) is 23.3 Å². The van der Waals surface area contributed by atoms with E-state index in [4.69, 9.17) is 0 Å². The summed E-state index contributed by atoms with van der Waals surface area (Å²) in [7, 11) is 0. The fourth-order valence-electron chi connectivity index (χ4n) is 3.67. The van der Waals surface area contributed by atoms with Gasteiger partial charge in [0.2, 0.25) is 5.91 Å². The Morgan fingerprint density at radius 3 is 2.74 bits per heavy atom. The smallest absolute Gasteiger partial charge is 0.226 e. The summed E-state index contributed by atoms with van der Waals surface area (Å²) in [6.45, 7) is 5.09. The fourth-order valence-corrected chi connectivity index (χ4v) is 3.67. The number of carbonyl (C=O) groups is 1. The third-order valence-electron chi connectivity index (χ3n) is 5.40. The minimum absolute atomic E-state index is 0.00845. The minimum atomic E-state index is 0.00845. The molecule has 1 fully saturated rings. The van der Waals surface area contributed by atoms with Gasteiger partial charge in [-0.2, -0.15) is 0 Å². The summed E-state index contributed by atoms with van der Waals surface area (Å²) in [6, 6.07) is 14.3. The Morgan fingerprint density at radius 1 is 1.15 bits per heavy atom. The molecule has 140 valence electrons. The van der Waals surface area contributed by atoms with Crippen molar-refractivity contribution in [2.45, 2.75) is 32.7 Å². The van der Waals surface area contributed by atoms with Crippen molar-refractivity contribution in [1.82, 2.24) is 9.55 Å². The average molecular weight is 362 g/mol. The molecule has 5 heteroatoms. The Kier molecular flexibility index (Phi) is 5.10. The van der Waals surface area contributed by atoms with Crippen LogP contribution in [-0.2, 0) is 11.3 Å². The van der Waals surface area contributed by atoms with Gasteiger partial charge in [0, 0.05) is 37.8 Å². The standard InChI is InChI=1S/C22H26N4O/c1-17-8-12-26(13-9-17)21-7-6-19(16-23-21)24-22(27)11-15-25-14-10-18-4-2-3-5-20(18)25/h2-7,10,14,16-17H,8-9,11-13,15H2,1H3,(H,24,27). The van der Waals surface area contributed by atoms with E-state index < -0.39 is 0 Å². The third kappa shape index (κ3) is 4.13. The lowest BCUT2D eigenvalue weighted by atomic mass is 9.99. The molecule has 0 radical (unpaired) electrons. The fraction of sp³-hybridized carbons (Fsp3) is 0.364. The number of carbonyl (C=O) groups excluding carboxylic acids is 1. The number of aryl methyl sites for hydroxylation is 1. The first-order valence-electron chi connectivity index (χ1n) is 9.74. The van der Waals surface area contributed by atoms with Crippen LogP contribution >= 0.6 is 0 Å². The molecule has 2 aromatic heterocycles. The summed E-state index contributed by atoms with van der Waals surface area (Å²) >= 11 is 0. The van der Waals surface area contributed by atoms with Gasteiger partial charge in [0.25, 0.3) is 0 Å². The lowest BCUT2D eigenvalue weighted by Gasteiger charge is -2.31. The van der Waals surface area contributed by atoms with Gasteiger partial charge in [-0.05, 0) is 48.4 Å². The van der Waals surface area contributed by atoms with E-state index in [1.54, 1.807) is 6.20 Å². The predicted octanol–water partition coefficient (Wildman–Crippen LogP) is 4.30. The molecule has 0 unspecified atom stereocenters. The number of hydrogen-bond acceptors (Lipinski definition) is 3. The molecule has 1 amide bonds. The van der Waals surface area contributed by atoms with Crippen LogP contribution < -0.4 is 10.2 Å². The molecular weight excluding hydrogens is 336 g/mol. The van der Waals surface area contributed by atoms with E-state index in [9.17, 15) is 4.79 Å². The van der Waals surface area contributed by atoms with Gasteiger partial charge >= 0.3 is 0 Å². The summed E-state index contributed by atoms with van der Waals surface area (Å²) < 4.78 is 2.12. The van der Waals surface area contributed by atoms with Gasteiger partial charge in [-0.15, -0.1) is 0 Å². The van der Waals surface area contributed by atoms with E-state index >= 15 is 0 Å². The highest BCUT2D eigenvalue weighted by atomic mass is 16.1. The van der Waals surface area contributed by atoms with Crippen LogP contribution in [0.5, 0.6) is 0 Å². The number of piperidine rings is 1. The Hall–Kier alpha value is -2.82. The van der Waals surface area contributed by atoms with Crippen LogP contribution in [0.1, 0.15) is 26.2 Å². The second-order valence-electron chi connectivity index (χ2n) is 7.44. The number of amides is 1. The zero-order valence-electron chi connectivity index (χ0n) is 15.8. The Labute approximate surface area is 160 Å². The first kappa shape index (κ1) is 17.6. The van der Waals surface area contributed by atoms with E-state index in [0.29, 0.717) is 13.0 Å². The van der Waals surface area contributed by atoms with E-state index in [1.165, 1.54) is 18.2 Å². The molecule has 3 heterocycles. The van der Waals surface area contributed by atoms with Crippen LogP contribution in [0.15, 0.2) is 54.9 Å². The molecule has 5 nitrogen and oxygen atoms in total. The number of nitrogens with zero attached hydrogens (tertiary/aromatic N) is 3. The van der Waals surface area contributed by atoms with Crippen molar-refractivity contribution in [3.05, 3.63) is 54.9 Å². The van der Waals surface area contributed by atoms with E-state index in [0.717, 1.165) is 36.0 Å². The van der Waals surface area contributed by atoms with Crippen molar-refractivity contribution in [3.63, 3.8) is 0 Å². The molecule has 0 saturated carbocycles. The number of anilines is 2. The van der Waals surface area contributed by atoms with Crippen LogP contribution in [0.3, 0.4) is 0 Å². The third-order valence-corrected chi connectivity index (χ3v) is 5.40. The van der Waals surface area contributed by atoms with Crippen LogP contribution in [0, 0.1) is 5.92 Å². The predicted molar refractivity (Wildman–Crippen MR) is 110 cm³/mol. The Morgan fingerprint density at radius 2 is 1.96 bits per heavy atom. The monoisotopic (exact) mass is 362 g/mol. The number of fused-ring (bicyclic) bond motifs is 1. The zero-order valence-corrected chi connectivity index (χ0v) is 15.8. The molecule has 1 aromatic carbocycles. The maximum atomic E-state index is 12.3. The zero-order chi connectivity index (χ0) is 18.6. The van der Waals surface area contributed by atoms with Crippen molar-refractivity contribution in [1.29, 1.82) is 0 Å². The molecule has 1 aliphatic rings. The lowest BCUT2D eigenvalue weighted by Crippen LogP contribution is -2.33. The van der Waals surface area contributed by atoms with Gasteiger partial charge in [0.1, 0.15) is 5.82 Å². The van der Waals surface area contributed by atoms with E-state index in [-0.39, 0.29) is 5.91 Å². The van der Waals surface area contributed by atoms with Crippen LogP contribution in [0.2, 0.25) is 0 Å². The normalized spacial score (nSPS) is 15.2. The van der Waals surface area contributed by atoms with Crippen LogP contribution in [0.4, 0.5) is 11.5 Å². The number of rotatable bonds is 5. The number of para-hydroxylation sites is 1. The van der Waals surface area contributed by atoms with E-state index in [1.807, 2.05) is 30.5 Å². The maximum Gasteiger partial charge on any atom is 0.226 e. The number of nitrogens with one attached hydrogen (secondary N) is 1. The highest BCUT2D eigenvalue weighted by molar-refractivity contribution is 5.90. The van der Waals surface area contributed by atoms with Crippen molar-refractivity contribution < 1.29 is 4.79 Å². The average Bonchev–Trinajstić information content (AvgIpc) is 3.11. The van der Waals surface area contributed by atoms with Gasteiger partial charge in [-0.3, -0.25) is 4.79 Å². The number of hydrogen-bond donors (Lipinski definition) is 1. The van der Waals surface area contributed by atoms with Gasteiger partial charge in [0.05, 0.1) is 11.9 Å². The molecule has 4 rings (SSSR count). The highest BCUT2D eigenvalue weighted by Gasteiger charge is 2.16. The van der Waals surface area contributed by atoms with Crippen molar-refractivity contribution >= 4 is 28.3 Å². The molecule has 0 bridgehead atoms. The summed E-state index contributed by atoms with van der Waals surface area (Å²) in [6.07, 6.45) is 6.66. The summed E-state index contributed by atoms with van der Waals surface area (Å²) in [5, 5.41) is 4.16. The first-order valence-corrected chi connectivity index (χ1v) is 9.74. The molecule has 1 saturated heterocycles. The van der Waals surface area contributed by atoms with E-state index in [2.05, 4.69) is 44.9 Å². The molecule has 27 heavy (non-hydrogen) atoms. The SMILES string of the molecule is CC1CCN(c2ccc(NC(=O)CCn3ccc4ccccc43)cn2)CC1. The first-order chi connectivity index (χ1) is 13.2. The number of aromatic nitrogens is 2. The quantitative estimate of drug-likeness (QED) is 0.736. The van der Waals surface area contributed by atoms with Gasteiger partial charge < -0.3 is 14.8 Å². The molecule has 0 spiro atoms. The summed E-state index contributed by atoms with van der Waals surface area (Å²) in [4.78, 5) is 19.2. The molecule has 1 N–H and O–H groups in total. The molecule has 1 aliphatic heterocycles. The maximum absolute atomic E-state index is 12.3. The molecule has 0 atom stereocenters. The molecule has 3 aromatic rings. The highest BCUT2D eigenvalue weighted by Crippen LogP contribution is 2.22. The summed E-state index contributed by atoms with van der Waals surface area (Å²) in [5.74, 6) is 1.81. The van der Waals surface area contributed by atoms with Gasteiger partial charge in [0.15, 0.2) is 0 Å². The second kappa shape index (κ2) is 7.82. The van der Waals surface area contributed by atoms with Crippen molar-refractivity contribution in [2.24, 2.45) is 5.92 Å². The Balaban J connectivity index is 1.31. The van der Waals surface area contributed by atoms with Crippen LogP contribution in [0.25, 0.3) is 10.9 Å². The summed E-state index contributed by atoms with van der Waals surface area (Å²) in [5.41, 5.74) is 1.92. The Bertz CT molecular complexity index is 907. The van der Waals surface area contributed by atoms with Crippen LogP contribution in [-0.4, -0.2) is 28.5 Å². The molecule has 0 aliphatic carbocycles. The van der Waals surface area contributed by atoms with Gasteiger partial charge in [-0.25, -0.2) is 4.98 Å². The number of pyridine rings is 1.